The summed E-state index contributed by atoms with van der Waals surface area (Å²) in [4.78, 5) is 41.8. The zero-order valence-electron chi connectivity index (χ0n) is 39.9. The fourth-order valence-electron chi connectivity index (χ4n) is 7.49. The zero-order valence-corrected chi connectivity index (χ0v) is 49.3. The van der Waals surface area contributed by atoms with Gasteiger partial charge in [-0.15, -0.1) is 0 Å². The van der Waals surface area contributed by atoms with Crippen molar-refractivity contribution in [2.24, 2.45) is 0 Å². The average molecular weight is 1390 g/mol. The maximum Gasteiger partial charge on any atom is 0.329 e. The highest BCUT2D eigenvalue weighted by Crippen LogP contribution is 2.46. The summed E-state index contributed by atoms with van der Waals surface area (Å²) in [6, 6.07) is 34.1. The van der Waals surface area contributed by atoms with E-state index in [9.17, 15) is 27.2 Å². The third-order valence-electron chi connectivity index (χ3n) is 11.3. The number of anilines is 3. The monoisotopic (exact) mass is 1380 g/mol. The van der Waals surface area contributed by atoms with Crippen molar-refractivity contribution < 1.29 is 36.6 Å². The lowest BCUT2D eigenvalue weighted by Crippen LogP contribution is -2.45. The maximum absolute atomic E-state index is 14.4. The number of aromatic nitrogens is 2. The highest BCUT2D eigenvalue weighted by atomic mass is 79.9. The largest absolute Gasteiger partial charge is 0.497 e. The Bertz CT molecular complexity index is 3470. The molecule has 2 aromatic heterocycles. The molecule has 0 saturated heterocycles. The number of fused-ring (bicyclic) bond motifs is 1. The number of para-hydroxylation sites is 2. The molecule has 1 N–H and O–H groups in total. The van der Waals surface area contributed by atoms with Crippen molar-refractivity contribution in [3.05, 3.63) is 213 Å². The molecule has 0 bridgehead atoms. The molecule has 79 heavy (non-hydrogen) atoms. The minimum Gasteiger partial charge on any atom is -0.497 e. The molecule has 4 amide bonds. The van der Waals surface area contributed by atoms with Gasteiger partial charge in [-0.1, -0.05) is 121 Å². The van der Waals surface area contributed by atoms with E-state index in [1.54, 1.807) is 79.8 Å². The smallest absolute Gasteiger partial charge is 0.329 e. The summed E-state index contributed by atoms with van der Waals surface area (Å²) in [6.45, 7) is 0.767. The van der Waals surface area contributed by atoms with E-state index in [-0.39, 0.29) is 62.5 Å². The first-order valence-corrected chi connectivity index (χ1v) is 28.0. The van der Waals surface area contributed by atoms with Crippen LogP contribution in [0.1, 0.15) is 37.4 Å². The van der Waals surface area contributed by atoms with Crippen LogP contribution in [-0.2, 0) is 26.2 Å². The zero-order chi connectivity index (χ0) is 55.1. The van der Waals surface area contributed by atoms with Crippen LogP contribution in [0.3, 0.4) is 0 Å². The van der Waals surface area contributed by atoms with Gasteiger partial charge in [0, 0.05) is 39.5 Å². The Morgan fingerprint density at radius 2 is 1.14 bits per heavy atom. The van der Waals surface area contributed by atoms with Crippen LogP contribution >= 0.6 is 118 Å². The van der Waals surface area contributed by atoms with E-state index >= 15 is 0 Å². The lowest BCUT2D eigenvalue weighted by molar-refractivity contribution is 0.197. The molecule has 6 aromatic carbocycles. The molecule has 0 saturated carbocycles. The molecule has 0 radical (unpaired) electrons. The molecular weight excluding hydrogens is 1340 g/mol. The Hall–Kier alpha value is -5.22. The number of nitrogens with zero attached hydrogens (tertiary/aromatic N) is 5. The van der Waals surface area contributed by atoms with E-state index in [1.807, 2.05) is 36.4 Å². The van der Waals surface area contributed by atoms with Gasteiger partial charge in [0.05, 0.1) is 84.8 Å². The number of ether oxygens (including phenoxy) is 2. The second kappa shape index (κ2) is 28.5. The van der Waals surface area contributed by atoms with E-state index in [4.69, 9.17) is 60.9 Å². The number of nitrogens with one attached hydrogen (secondary N) is 1. The van der Waals surface area contributed by atoms with Gasteiger partial charge in [0.15, 0.2) is 0 Å². The third-order valence-corrected chi connectivity index (χ3v) is 17.0. The number of methoxy groups -OCH3 is 2. The molecule has 412 valence electrons. The topological polar surface area (TPSA) is 100 Å². The molecule has 0 fully saturated rings. The van der Waals surface area contributed by atoms with Gasteiger partial charge in [-0.05, 0) is 144 Å². The first kappa shape index (κ1) is 63.0. The summed E-state index contributed by atoms with van der Waals surface area (Å²) in [6.07, 6.45) is 0. The minimum absolute atomic E-state index is 0. The van der Waals surface area contributed by atoms with Gasteiger partial charge in [-0.25, -0.2) is 37.1 Å². The number of halogens is 11. The molecule has 0 atom stereocenters. The van der Waals surface area contributed by atoms with E-state index in [0.29, 0.717) is 77.8 Å². The lowest BCUT2D eigenvalue weighted by atomic mass is 10.1. The van der Waals surface area contributed by atoms with Crippen molar-refractivity contribution in [3.63, 3.8) is 0 Å². The van der Waals surface area contributed by atoms with Gasteiger partial charge in [0.2, 0.25) is 0 Å². The molecule has 10 nitrogen and oxygen atoms in total. The predicted molar refractivity (Wildman–Crippen MR) is 320 cm³/mol. The van der Waals surface area contributed by atoms with Gasteiger partial charge < -0.3 is 24.6 Å². The Morgan fingerprint density at radius 3 is 1.66 bits per heavy atom. The van der Waals surface area contributed by atoms with Crippen LogP contribution in [0.25, 0.3) is 0 Å². The quantitative estimate of drug-likeness (QED) is 0.108. The van der Waals surface area contributed by atoms with E-state index in [0.717, 1.165) is 46.8 Å². The molecule has 9 rings (SSSR count). The number of carbonyl (C=O) groups excluding carboxylic acids is 2. The molecule has 3 heterocycles. The van der Waals surface area contributed by atoms with Crippen LogP contribution in [0.4, 0.5) is 44.2 Å². The summed E-state index contributed by atoms with van der Waals surface area (Å²) in [5.41, 5.74) is 3.91. The molecule has 23 heteroatoms. The van der Waals surface area contributed by atoms with E-state index < -0.39 is 29.3 Å². The van der Waals surface area contributed by atoms with Crippen LogP contribution < -0.4 is 19.7 Å². The van der Waals surface area contributed by atoms with Crippen LogP contribution in [-0.4, -0.2) is 46.0 Å². The molecule has 8 aromatic rings. The number of rotatable bonds is 14. The molecule has 1 aliphatic rings. The third kappa shape index (κ3) is 15.6. The van der Waals surface area contributed by atoms with E-state index in [1.165, 1.54) is 34.1 Å². The first-order chi connectivity index (χ1) is 36.9. The Labute approximate surface area is 508 Å². The molecule has 0 unspecified atom stereocenters. The van der Waals surface area contributed by atoms with Crippen molar-refractivity contribution in [1.82, 2.24) is 19.8 Å². The summed E-state index contributed by atoms with van der Waals surface area (Å²) in [5.74, 6) is -1.33. The number of benzene rings is 6. The van der Waals surface area contributed by atoms with Crippen molar-refractivity contribution in [2.75, 3.05) is 24.4 Å². The Balaban J connectivity index is 0.000000249. The molecule has 1 aliphatic heterocycles. The number of amides is 4. The summed E-state index contributed by atoms with van der Waals surface area (Å²) >= 11 is 38.2. The molecule has 0 aliphatic carbocycles. The number of hydrogen-bond acceptors (Lipinski definition) is 8. The van der Waals surface area contributed by atoms with Crippen molar-refractivity contribution in [1.29, 1.82) is 0 Å². The fraction of sp³-hybridized carbons (Fsp3) is 0.143. The van der Waals surface area contributed by atoms with Gasteiger partial charge >= 0.3 is 12.1 Å². The second-order valence-corrected chi connectivity index (χ2v) is 22.7. The lowest BCUT2D eigenvalue weighted by Gasteiger charge is -2.37. The predicted octanol–water partition coefficient (Wildman–Crippen LogP) is 19.7. The van der Waals surface area contributed by atoms with Gasteiger partial charge in [0.25, 0.3) is 0 Å². The summed E-state index contributed by atoms with van der Waals surface area (Å²) in [5, 5.41) is 4.88. The number of pyridine rings is 2. The molecule has 0 spiro atoms. The van der Waals surface area contributed by atoms with Crippen LogP contribution in [0.5, 0.6) is 11.5 Å². The normalized spacial score (nSPS) is 11.6. The average Bonchev–Trinajstić information content (AvgIpc) is 3.59. The standard InChI is InChI=1S/C27H19Br2Cl2F2N3O2S.C27H18BrCl2F2N3O2S.2CH4/c1-38-17-8-5-15(6-9-17)13-36(27(37)35-25-20(30)3-2-4-21(25)31)14-23-18(28)12-19(29)26(34-23)39-24-10-7-16(32)11-22(24)33;1-37-17-8-5-15(6-9-17)13-34-14-22-23(35(27(34)36)25-19(29)3-2-4-20(25)30)12-18(28)26(33-22)38-24-10-7-16(31)11-21(24)32;;/h2-12H,13-14H2,1H3,(H,35,37);2-12H,13-14H2,1H3;2*1H4. The van der Waals surface area contributed by atoms with Crippen LogP contribution in [0.2, 0.25) is 20.1 Å². The van der Waals surface area contributed by atoms with Gasteiger partial charge in [0.1, 0.15) is 44.8 Å². The fourth-order valence-corrected chi connectivity index (χ4v) is 12.0. The van der Waals surface area contributed by atoms with Crippen molar-refractivity contribution in [3.8, 4) is 11.5 Å². The SMILES string of the molecule is C.C.COc1ccc(CN(Cc2nc(Sc3ccc(F)cc3F)c(Br)cc2Br)C(=O)Nc2c(Cl)cccc2Cl)cc1.COc1ccc(CN2Cc3nc(Sc4ccc(F)cc4F)c(Br)cc3N(c3c(Cl)cccc3Cl)C2=O)cc1. The molecular formula is C56H45Br3Cl4F4N6O4S2. The summed E-state index contributed by atoms with van der Waals surface area (Å²) < 4.78 is 67.7. The van der Waals surface area contributed by atoms with Crippen LogP contribution in [0, 0.1) is 23.3 Å². The highest BCUT2D eigenvalue weighted by Gasteiger charge is 2.36. The maximum atomic E-state index is 14.4. The van der Waals surface area contributed by atoms with Gasteiger partial charge in [-0.3, -0.25) is 4.90 Å². The minimum atomic E-state index is -0.699. The van der Waals surface area contributed by atoms with E-state index in [2.05, 4.69) is 58.1 Å². The first-order valence-electron chi connectivity index (χ1n) is 22.5. The van der Waals surface area contributed by atoms with Gasteiger partial charge in [-0.2, -0.15) is 0 Å². The van der Waals surface area contributed by atoms with Crippen molar-refractivity contribution in [2.45, 2.75) is 60.9 Å². The highest BCUT2D eigenvalue weighted by molar-refractivity contribution is 9.11. The van der Waals surface area contributed by atoms with Crippen molar-refractivity contribution >= 4 is 147 Å². The number of hydrogen-bond donors (Lipinski definition) is 1. The Morgan fingerprint density at radius 1 is 0.646 bits per heavy atom. The number of carbonyl (C=O) groups is 2. The number of urea groups is 2. The second-order valence-electron chi connectivity index (χ2n) is 16.4. The summed E-state index contributed by atoms with van der Waals surface area (Å²) in [7, 11) is 3.16. The van der Waals surface area contributed by atoms with Crippen LogP contribution in [0.15, 0.2) is 167 Å². The Kier molecular flexibility index (Phi) is 22.7.